The fourth-order valence-electron chi connectivity index (χ4n) is 4.76. The quantitative estimate of drug-likeness (QED) is 0.250. The number of aliphatic hydroxyl groups is 1. The molecule has 0 amide bonds. The van der Waals surface area contributed by atoms with Crippen molar-refractivity contribution in [2.24, 2.45) is 0 Å². The molecule has 3 aromatic carbocycles. The summed E-state index contributed by atoms with van der Waals surface area (Å²) in [6, 6.07) is 9.34. The molecule has 0 radical (unpaired) electrons. The third-order valence-electron chi connectivity index (χ3n) is 6.25. The molecule has 34 heavy (non-hydrogen) atoms. The van der Waals surface area contributed by atoms with Crippen molar-refractivity contribution in [1.82, 2.24) is 0 Å². The number of hydrogen-bond donors (Lipinski definition) is 6. The van der Waals surface area contributed by atoms with Crippen LogP contribution >= 0.6 is 0 Å². The van der Waals surface area contributed by atoms with Crippen LogP contribution in [0.25, 0.3) is 22.3 Å². The number of phenols is 5. The molecular formula is C25H20O9. The number of phenolic OH excluding ortho intramolecular Hbond substituents is 5. The summed E-state index contributed by atoms with van der Waals surface area (Å²) in [6.07, 6.45) is 0. The van der Waals surface area contributed by atoms with E-state index in [1.165, 1.54) is 31.4 Å². The smallest absolute Gasteiger partial charge is 0.200 e. The first-order valence-electron chi connectivity index (χ1n) is 10.3. The molecule has 0 saturated carbocycles. The molecule has 2 unspecified atom stereocenters. The Morgan fingerprint density at radius 2 is 1.65 bits per heavy atom. The first kappa shape index (κ1) is 21.5. The van der Waals surface area contributed by atoms with Crippen LogP contribution in [0.2, 0.25) is 0 Å². The number of methoxy groups -OCH3 is 1. The maximum absolute atomic E-state index is 13.6. The van der Waals surface area contributed by atoms with Crippen LogP contribution in [0.5, 0.6) is 34.5 Å². The maximum atomic E-state index is 13.6. The highest BCUT2D eigenvalue weighted by Crippen LogP contribution is 2.52. The fraction of sp³-hybridized carbons (Fsp3) is 0.160. The van der Waals surface area contributed by atoms with Gasteiger partial charge < -0.3 is 39.8 Å². The van der Waals surface area contributed by atoms with Gasteiger partial charge in [0, 0.05) is 35.1 Å². The van der Waals surface area contributed by atoms with Gasteiger partial charge in [-0.25, -0.2) is 0 Å². The number of ether oxygens (including phenoxy) is 1. The van der Waals surface area contributed by atoms with Crippen LogP contribution in [0.1, 0.15) is 28.5 Å². The van der Waals surface area contributed by atoms with E-state index < -0.39 is 41.1 Å². The van der Waals surface area contributed by atoms with Crippen molar-refractivity contribution in [3.8, 4) is 45.8 Å². The molecule has 174 valence electrons. The predicted octanol–water partition coefficient (Wildman–Crippen LogP) is 3.22. The minimum Gasteiger partial charge on any atom is -0.508 e. The molecule has 4 aromatic rings. The van der Waals surface area contributed by atoms with E-state index in [-0.39, 0.29) is 45.1 Å². The van der Waals surface area contributed by atoms with Crippen molar-refractivity contribution in [2.45, 2.75) is 11.8 Å². The molecule has 0 bridgehead atoms. The van der Waals surface area contributed by atoms with Crippen LogP contribution in [0.15, 0.2) is 51.7 Å². The summed E-state index contributed by atoms with van der Waals surface area (Å²) >= 11 is 0. The van der Waals surface area contributed by atoms with Crippen molar-refractivity contribution in [2.75, 3.05) is 13.7 Å². The molecule has 0 fully saturated rings. The highest BCUT2D eigenvalue weighted by atomic mass is 16.5. The summed E-state index contributed by atoms with van der Waals surface area (Å²) in [5.41, 5.74) is 0.657. The molecule has 0 spiro atoms. The summed E-state index contributed by atoms with van der Waals surface area (Å²) in [5.74, 6) is -3.15. The van der Waals surface area contributed by atoms with E-state index >= 15 is 0 Å². The Kier molecular flexibility index (Phi) is 4.80. The number of aliphatic hydroxyl groups excluding tert-OH is 1. The van der Waals surface area contributed by atoms with Gasteiger partial charge in [0.1, 0.15) is 28.2 Å². The zero-order valence-electron chi connectivity index (χ0n) is 17.8. The van der Waals surface area contributed by atoms with E-state index in [0.29, 0.717) is 11.1 Å². The van der Waals surface area contributed by atoms with E-state index in [9.17, 15) is 35.4 Å². The zero-order valence-corrected chi connectivity index (χ0v) is 17.8. The Labute approximate surface area is 192 Å². The van der Waals surface area contributed by atoms with E-state index in [1.54, 1.807) is 12.1 Å². The van der Waals surface area contributed by atoms with Crippen LogP contribution in [-0.2, 0) is 0 Å². The lowest BCUT2D eigenvalue weighted by Gasteiger charge is -2.34. The Hall–Kier alpha value is -4.37. The van der Waals surface area contributed by atoms with Gasteiger partial charge in [0.2, 0.25) is 5.43 Å². The van der Waals surface area contributed by atoms with Crippen molar-refractivity contribution >= 4 is 11.0 Å². The van der Waals surface area contributed by atoms with Crippen LogP contribution in [0.4, 0.5) is 0 Å². The number of fused-ring (bicyclic) bond motifs is 4. The molecule has 1 aliphatic rings. The second-order valence-electron chi connectivity index (χ2n) is 8.14. The monoisotopic (exact) mass is 464 g/mol. The van der Waals surface area contributed by atoms with Crippen molar-refractivity contribution in [3.05, 3.63) is 69.4 Å². The minimum absolute atomic E-state index is 0.0360. The van der Waals surface area contributed by atoms with Crippen LogP contribution in [-0.4, -0.2) is 44.4 Å². The van der Waals surface area contributed by atoms with Gasteiger partial charge in [0.25, 0.3) is 0 Å². The zero-order chi connectivity index (χ0) is 24.3. The van der Waals surface area contributed by atoms with E-state index in [2.05, 4.69) is 0 Å². The summed E-state index contributed by atoms with van der Waals surface area (Å²) in [4.78, 5) is 13.6. The van der Waals surface area contributed by atoms with Gasteiger partial charge in [0.15, 0.2) is 23.0 Å². The minimum atomic E-state index is -0.880. The number of hydrogen-bond acceptors (Lipinski definition) is 9. The second-order valence-corrected chi connectivity index (χ2v) is 8.14. The highest BCUT2D eigenvalue weighted by molar-refractivity contribution is 5.89. The molecule has 0 aliphatic heterocycles. The van der Waals surface area contributed by atoms with Crippen LogP contribution in [0, 0.1) is 0 Å². The SMILES string of the molecule is COc1cc(C2c3cc(O)c(O)cc3-c3oc4cc(O)cc(O)c4c(=O)c3C2CO)ccc1O. The fourth-order valence-corrected chi connectivity index (χ4v) is 4.76. The average molecular weight is 464 g/mol. The summed E-state index contributed by atoms with van der Waals surface area (Å²) in [7, 11) is 1.38. The van der Waals surface area contributed by atoms with Crippen molar-refractivity contribution < 1.29 is 39.8 Å². The molecule has 9 heteroatoms. The van der Waals surface area contributed by atoms with Crippen molar-refractivity contribution in [3.63, 3.8) is 0 Å². The molecule has 1 aromatic heterocycles. The summed E-state index contributed by atoms with van der Waals surface area (Å²) < 4.78 is 11.2. The molecule has 9 nitrogen and oxygen atoms in total. The lowest BCUT2D eigenvalue weighted by atomic mass is 9.70. The van der Waals surface area contributed by atoms with Gasteiger partial charge in [-0.1, -0.05) is 6.07 Å². The second kappa shape index (κ2) is 7.60. The normalized spacial score (nSPS) is 16.8. The van der Waals surface area contributed by atoms with Gasteiger partial charge in [-0.2, -0.15) is 0 Å². The summed E-state index contributed by atoms with van der Waals surface area (Å²) in [6.45, 7) is -0.503. The van der Waals surface area contributed by atoms with Gasteiger partial charge in [-0.3, -0.25) is 4.79 Å². The van der Waals surface area contributed by atoms with Gasteiger partial charge in [-0.15, -0.1) is 0 Å². The van der Waals surface area contributed by atoms with Crippen LogP contribution < -0.4 is 10.2 Å². The molecule has 0 saturated heterocycles. The van der Waals surface area contributed by atoms with Gasteiger partial charge in [-0.05, 0) is 35.4 Å². The standard InChI is InChI=1S/C25H20O9/c1-33-19-4-10(2-3-15(19)28)21-12-7-16(29)17(30)8-13(12)25-22(14(21)9-26)24(32)23-18(31)5-11(27)6-20(23)34-25/h2-8,14,21,26-31H,9H2,1H3. The van der Waals surface area contributed by atoms with Crippen LogP contribution in [0.3, 0.4) is 0 Å². The van der Waals surface area contributed by atoms with Gasteiger partial charge in [0.05, 0.1) is 13.7 Å². The lowest BCUT2D eigenvalue weighted by molar-refractivity contribution is 0.252. The van der Waals surface area contributed by atoms with Crippen molar-refractivity contribution in [1.29, 1.82) is 0 Å². The topological polar surface area (TPSA) is 161 Å². The van der Waals surface area contributed by atoms with Gasteiger partial charge >= 0.3 is 0 Å². The van der Waals surface area contributed by atoms with E-state index in [4.69, 9.17) is 9.15 Å². The lowest BCUT2D eigenvalue weighted by Crippen LogP contribution is -2.28. The first-order chi connectivity index (χ1) is 16.2. The Bertz CT molecular complexity index is 1520. The highest BCUT2D eigenvalue weighted by Gasteiger charge is 2.40. The number of benzene rings is 3. The third kappa shape index (κ3) is 3.01. The molecule has 6 N–H and O–H groups in total. The molecule has 1 aliphatic carbocycles. The molecule has 1 heterocycles. The van der Waals surface area contributed by atoms with E-state index in [1.807, 2.05) is 0 Å². The Morgan fingerprint density at radius 1 is 0.912 bits per heavy atom. The Morgan fingerprint density at radius 3 is 2.35 bits per heavy atom. The summed E-state index contributed by atoms with van der Waals surface area (Å²) in [5, 5.41) is 61.0. The number of rotatable bonds is 3. The molecule has 2 atom stereocenters. The molecular weight excluding hydrogens is 444 g/mol. The largest absolute Gasteiger partial charge is 0.508 e. The predicted molar refractivity (Wildman–Crippen MR) is 121 cm³/mol. The average Bonchev–Trinajstić information content (AvgIpc) is 2.79. The Balaban J connectivity index is 1.90. The number of aromatic hydroxyl groups is 5. The van der Waals surface area contributed by atoms with E-state index in [0.717, 1.165) is 6.07 Å². The maximum Gasteiger partial charge on any atom is 0.200 e. The first-order valence-corrected chi connectivity index (χ1v) is 10.3. The molecule has 5 rings (SSSR count). The third-order valence-corrected chi connectivity index (χ3v) is 6.25.